The maximum absolute atomic E-state index is 12.7. The molecule has 2 unspecified atom stereocenters. The fourth-order valence-electron chi connectivity index (χ4n) is 2.57. The molecule has 1 heterocycles. The molecule has 1 aromatic carbocycles. The third-order valence-corrected chi connectivity index (χ3v) is 4.29. The highest BCUT2D eigenvalue weighted by molar-refractivity contribution is 6.31. The van der Waals surface area contributed by atoms with Crippen LogP contribution in [-0.4, -0.2) is 30.4 Å². The van der Waals surface area contributed by atoms with Crippen molar-refractivity contribution in [2.75, 3.05) is 25.0 Å². The molecule has 2 rings (SSSR count). The number of likely N-dealkylation sites (tertiary alicyclic amines) is 1. The van der Waals surface area contributed by atoms with Gasteiger partial charge in [0.2, 0.25) is 0 Å². The van der Waals surface area contributed by atoms with Crippen LogP contribution in [0.15, 0.2) is 18.2 Å². The normalized spacial score (nSPS) is 22.1. The van der Waals surface area contributed by atoms with Crippen molar-refractivity contribution in [3.05, 3.63) is 28.8 Å². The van der Waals surface area contributed by atoms with Crippen molar-refractivity contribution in [2.45, 2.75) is 27.2 Å². The Morgan fingerprint density at radius 2 is 2.00 bits per heavy atom. The summed E-state index contributed by atoms with van der Waals surface area (Å²) in [6.45, 7) is 9.03. The van der Waals surface area contributed by atoms with E-state index in [2.05, 4.69) is 26.1 Å². The van der Waals surface area contributed by atoms with E-state index in [0.29, 0.717) is 22.4 Å². The summed E-state index contributed by atoms with van der Waals surface area (Å²) in [5.41, 5.74) is 1.57. The minimum atomic E-state index is 0.0855. The fraction of sp³-hybridized carbons (Fsp3) is 0.562. The second-order valence-corrected chi connectivity index (χ2v) is 6.22. The Bertz CT molecular complexity index is 479. The number of carbonyl (C=O) groups is 1. The smallest absolute Gasteiger partial charge is 0.256 e. The highest BCUT2D eigenvalue weighted by Gasteiger charge is 2.30. The molecule has 0 bridgehead atoms. The Hall–Kier alpha value is -1.22. The summed E-state index contributed by atoms with van der Waals surface area (Å²) in [6, 6.07) is 5.50. The molecule has 1 aliphatic heterocycles. The molecule has 0 saturated carbocycles. The summed E-state index contributed by atoms with van der Waals surface area (Å²) in [6.07, 6.45) is 1.02. The van der Waals surface area contributed by atoms with Gasteiger partial charge in [-0.1, -0.05) is 32.4 Å². The second-order valence-electron chi connectivity index (χ2n) is 5.78. The van der Waals surface area contributed by atoms with Gasteiger partial charge in [-0.2, -0.15) is 0 Å². The van der Waals surface area contributed by atoms with Crippen LogP contribution < -0.4 is 5.32 Å². The number of halogens is 1. The van der Waals surface area contributed by atoms with Gasteiger partial charge in [0.15, 0.2) is 0 Å². The number of nitrogens with zero attached hydrogens (tertiary/aromatic N) is 1. The molecule has 20 heavy (non-hydrogen) atoms. The SMILES string of the molecule is CCCNc1ccc(Cl)cc1C(=O)N1CC(C)C(C)C1. The zero-order valence-electron chi connectivity index (χ0n) is 12.4. The zero-order chi connectivity index (χ0) is 14.7. The molecule has 0 aromatic heterocycles. The number of carbonyl (C=O) groups excluding carboxylic acids is 1. The van der Waals surface area contributed by atoms with Crippen LogP contribution in [0.3, 0.4) is 0 Å². The quantitative estimate of drug-likeness (QED) is 0.914. The lowest BCUT2D eigenvalue weighted by atomic mass is 10.0. The predicted octanol–water partition coefficient (Wildman–Crippen LogP) is 3.89. The number of nitrogens with one attached hydrogen (secondary N) is 1. The molecule has 0 aliphatic carbocycles. The summed E-state index contributed by atoms with van der Waals surface area (Å²) in [5.74, 6) is 1.21. The molecule has 4 heteroatoms. The van der Waals surface area contributed by atoms with Gasteiger partial charge in [0.25, 0.3) is 5.91 Å². The van der Waals surface area contributed by atoms with E-state index in [1.54, 1.807) is 6.07 Å². The van der Waals surface area contributed by atoms with E-state index in [-0.39, 0.29) is 5.91 Å². The minimum Gasteiger partial charge on any atom is -0.384 e. The van der Waals surface area contributed by atoms with Crippen LogP contribution in [0.4, 0.5) is 5.69 Å². The Morgan fingerprint density at radius 1 is 1.35 bits per heavy atom. The molecule has 1 aliphatic rings. The molecule has 0 radical (unpaired) electrons. The van der Waals surface area contributed by atoms with Gasteiger partial charge in [0, 0.05) is 30.3 Å². The summed E-state index contributed by atoms with van der Waals surface area (Å²) < 4.78 is 0. The van der Waals surface area contributed by atoms with Crippen molar-refractivity contribution in [1.82, 2.24) is 4.90 Å². The van der Waals surface area contributed by atoms with Crippen molar-refractivity contribution in [3.8, 4) is 0 Å². The maximum Gasteiger partial charge on any atom is 0.256 e. The topological polar surface area (TPSA) is 32.3 Å². The lowest BCUT2D eigenvalue weighted by Gasteiger charge is -2.19. The van der Waals surface area contributed by atoms with E-state index < -0.39 is 0 Å². The molecule has 3 nitrogen and oxygen atoms in total. The van der Waals surface area contributed by atoms with Gasteiger partial charge in [0.05, 0.1) is 5.56 Å². The van der Waals surface area contributed by atoms with Crippen LogP contribution >= 0.6 is 11.6 Å². The second kappa shape index (κ2) is 6.49. The Labute approximate surface area is 126 Å². The highest BCUT2D eigenvalue weighted by atomic mass is 35.5. The third-order valence-electron chi connectivity index (χ3n) is 4.05. The lowest BCUT2D eigenvalue weighted by Crippen LogP contribution is -2.29. The van der Waals surface area contributed by atoms with E-state index >= 15 is 0 Å². The standard InChI is InChI=1S/C16H23ClN2O/c1-4-7-18-15-6-5-13(17)8-14(15)16(20)19-9-11(2)12(3)10-19/h5-6,8,11-12,18H,4,7,9-10H2,1-3H3. The van der Waals surface area contributed by atoms with Crippen LogP contribution in [0, 0.1) is 11.8 Å². The number of anilines is 1. The summed E-state index contributed by atoms with van der Waals surface area (Å²) >= 11 is 6.06. The summed E-state index contributed by atoms with van der Waals surface area (Å²) in [4.78, 5) is 14.6. The molecule has 1 N–H and O–H groups in total. The first-order valence-corrected chi connectivity index (χ1v) is 7.73. The molecular weight excluding hydrogens is 272 g/mol. The molecule has 0 spiro atoms. The Morgan fingerprint density at radius 3 is 2.60 bits per heavy atom. The lowest BCUT2D eigenvalue weighted by molar-refractivity contribution is 0.0786. The average Bonchev–Trinajstić information content (AvgIpc) is 2.76. The first-order valence-electron chi connectivity index (χ1n) is 7.35. The number of benzene rings is 1. The van der Waals surface area contributed by atoms with Gasteiger partial charge in [-0.15, -0.1) is 0 Å². The van der Waals surface area contributed by atoms with Crippen molar-refractivity contribution in [3.63, 3.8) is 0 Å². The molecule has 110 valence electrons. The first kappa shape index (κ1) is 15.2. The monoisotopic (exact) mass is 294 g/mol. The Balaban J connectivity index is 2.22. The van der Waals surface area contributed by atoms with Crippen molar-refractivity contribution >= 4 is 23.2 Å². The van der Waals surface area contributed by atoms with Gasteiger partial charge in [-0.05, 0) is 36.5 Å². The molecule has 2 atom stereocenters. The van der Waals surface area contributed by atoms with Crippen LogP contribution in [-0.2, 0) is 0 Å². The van der Waals surface area contributed by atoms with Crippen molar-refractivity contribution in [2.24, 2.45) is 11.8 Å². The van der Waals surface area contributed by atoms with Gasteiger partial charge in [-0.3, -0.25) is 4.79 Å². The van der Waals surface area contributed by atoms with E-state index in [1.165, 1.54) is 0 Å². The molecule has 1 fully saturated rings. The molecule has 1 saturated heterocycles. The van der Waals surface area contributed by atoms with E-state index in [0.717, 1.165) is 31.7 Å². The third kappa shape index (κ3) is 3.26. The Kier molecular flexibility index (Phi) is 4.92. The van der Waals surface area contributed by atoms with Crippen molar-refractivity contribution in [1.29, 1.82) is 0 Å². The van der Waals surface area contributed by atoms with Gasteiger partial charge < -0.3 is 10.2 Å². The molecule has 1 aromatic rings. The predicted molar refractivity (Wildman–Crippen MR) is 84.5 cm³/mol. The summed E-state index contributed by atoms with van der Waals surface area (Å²) in [7, 11) is 0. The minimum absolute atomic E-state index is 0.0855. The number of hydrogen-bond acceptors (Lipinski definition) is 2. The van der Waals surface area contributed by atoms with Gasteiger partial charge in [-0.25, -0.2) is 0 Å². The van der Waals surface area contributed by atoms with E-state index in [1.807, 2.05) is 17.0 Å². The first-order chi connectivity index (χ1) is 9.52. The van der Waals surface area contributed by atoms with E-state index in [4.69, 9.17) is 11.6 Å². The van der Waals surface area contributed by atoms with Crippen LogP contribution in [0.25, 0.3) is 0 Å². The molecular formula is C16H23ClN2O. The number of hydrogen-bond donors (Lipinski definition) is 1. The average molecular weight is 295 g/mol. The van der Waals surface area contributed by atoms with Crippen molar-refractivity contribution < 1.29 is 4.79 Å². The maximum atomic E-state index is 12.7. The number of amides is 1. The summed E-state index contributed by atoms with van der Waals surface area (Å²) in [5, 5.41) is 3.92. The number of rotatable bonds is 4. The molecule has 1 amide bonds. The zero-order valence-corrected chi connectivity index (χ0v) is 13.2. The van der Waals surface area contributed by atoms with E-state index in [9.17, 15) is 4.79 Å². The fourth-order valence-corrected chi connectivity index (χ4v) is 2.75. The van der Waals surface area contributed by atoms with Gasteiger partial charge >= 0.3 is 0 Å². The largest absolute Gasteiger partial charge is 0.384 e. The van der Waals surface area contributed by atoms with Crippen LogP contribution in [0.5, 0.6) is 0 Å². The highest BCUT2D eigenvalue weighted by Crippen LogP contribution is 2.27. The van der Waals surface area contributed by atoms with Crippen LogP contribution in [0.1, 0.15) is 37.6 Å². The van der Waals surface area contributed by atoms with Gasteiger partial charge in [0.1, 0.15) is 0 Å². The van der Waals surface area contributed by atoms with Crippen LogP contribution in [0.2, 0.25) is 5.02 Å².